The number of carbonyl (C=O) groups is 1. The van der Waals surface area contributed by atoms with Crippen LogP contribution in [0, 0.1) is 23.6 Å². The molecular weight excluding hydrogens is 321 g/mol. The largest absolute Gasteiger partial charge is 0.349 e. The summed E-state index contributed by atoms with van der Waals surface area (Å²) in [6, 6.07) is 4.68. The van der Waals surface area contributed by atoms with Crippen LogP contribution < -0.4 is 5.32 Å². The van der Waals surface area contributed by atoms with Crippen LogP contribution >= 0.6 is 15.9 Å². The number of nitrogens with one attached hydrogen (secondary N) is 1. The molecule has 2 bridgehead atoms. The number of carbonyl (C=O) groups excluding carboxylic acids is 1. The molecule has 1 amide bonds. The topological polar surface area (TPSA) is 29.1 Å². The SMILES string of the molecule is CC(NC(=O)c1ccc(Br)cc1F)C1CC2CCC1C2. The van der Waals surface area contributed by atoms with Crippen LogP contribution in [-0.2, 0) is 0 Å². The smallest absolute Gasteiger partial charge is 0.254 e. The highest BCUT2D eigenvalue weighted by Crippen LogP contribution is 2.49. The minimum atomic E-state index is -0.475. The highest BCUT2D eigenvalue weighted by Gasteiger charge is 2.42. The lowest BCUT2D eigenvalue weighted by molar-refractivity contribution is 0.0911. The van der Waals surface area contributed by atoms with E-state index in [1.807, 2.05) is 0 Å². The van der Waals surface area contributed by atoms with Crippen LogP contribution in [0.2, 0.25) is 0 Å². The predicted molar refractivity (Wildman–Crippen MR) is 80.0 cm³/mol. The zero-order valence-electron chi connectivity index (χ0n) is 11.5. The van der Waals surface area contributed by atoms with Gasteiger partial charge in [0.05, 0.1) is 5.56 Å². The maximum atomic E-state index is 13.8. The van der Waals surface area contributed by atoms with Gasteiger partial charge in [-0.25, -0.2) is 4.39 Å². The van der Waals surface area contributed by atoms with Gasteiger partial charge in [-0.1, -0.05) is 22.4 Å². The van der Waals surface area contributed by atoms with Crippen molar-refractivity contribution in [3.05, 3.63) is 34.1 Å². The highest BCUT2D eigenvalue weighted by molar-refractivity contribution is 9.10. The van der Waals surface area contributed by atoms with E-state index in [1.54, 1.807) is 6.07 Å². The van der Waals surface area contributed by atoms with Gasteiger partial charge in [0.1, 0.15) is 5.82 Å². The highest BCUT2D eigenvalue weighted by atomic mass is 79.9. The van der Waals surface area contributed by atoms with Crippen molar-refractivity contribution < 1.29 is 9.18 Å². The molecule has 1 aromatic rings. The average Bonchev–Trinajstić information content (AvgIpc) is 3.00. The Morgan fingerprint density at radius 3 is 2.80 bits per heavy atom. The zero-order chi connectivity index (χ0) is 14.3. The van der Waals surface area contributed by atoms with Crippen molar-refractivity contribution >= 4 is 21.8 Å². The van der Waals surface area contributed by atoms with Gasteiger partial charge in [0.25, 0.3) is 5.91 Å². The number of hydrogen-bond donors (Lipinski definition) is 1. The molecule has 0 saturated heterocycles. The summed E-state index contributed by atoms with van der Waals surface area (Å²) in [7, 11) is 0. The summed E-state index contributed by atoms with van der Waals surface area (Å²) in [4.78, 5) is 12.2. The third-order valence-electron chi connectivity index (χ3n) is 4.97. The molecule has 1 N–H and O–H groups in total. The Labute approximate surface area is 127 Å². The summed E-state index contributed by atoms with van der Waals surface area (Å²) in [6.07, 6.45) is 5.18. The second-order valence-corrected chi connectivity index (χ2v) is 7.14. The van der Waals surface area contributed by atoms with Crippen molar-refractivity contribution in [3.63, 3.8) is 0 Å². The van der Waals surface area contributed by atoms with Crippen LogP contribution in [0.5, 0.6) is 0 Å². The lowest BCUT2D eigenvalue weighted by Gasteiger charge is -2.28. The summed E-state index contributed by atoms with van der Waals surface area (Å²) in [5.41, 5.74) is 0.128. The molecule has 2 aliphatic rings. The Kier molecular flexibility index (Phi) is 3.85. The predicted octanol–water partition coefficient (Wildman–Crippen LogP) is 4.14. The lowest BCUT2D eigenvalue weighted by atomic mass is 9.84. The van der Waals surface area contributed by atoms with E-state index >= 15 is 0 Å². The molecule has 2 nitrogen and oxygen atoms in total. The third kappa shape index (κ3) is 2.62. The van der Waals surface area contributed by atoms with E-state index < -0.39 is 5.82 Å². The van der Waals surface area contributed by atoms with E-state index in [-0.39, 0.29) is 17.5 Å². The molecule has 0 aromatic heterocycles. The van der Waals surface area contributed by atoms with Gasteiger partial charge in [-0.05, 0) is 62.1 Å². The molecule has 0 spiro atoms. The lowest BCUT2D eigenvalue weighted by Crippen LogP contribution is -2.40. The van der Waals surface area contributed by atoms with Crippen molar-refractivity contribution in [1.82, 2.24) is 5.32 Å². The Hall–Kier alpha value is -0.900. The van der Waals surface area contributed by atoms with Crippen LogP contribution in [0.4, 0.5) is 4.39 Å². The van der Waals surface area contributed by atoms with Gasteiger partial charge in [0, 0.05) is 10.5 Å². The fraction of sp³-hybridized carbons (Fsp3) is 0.562. The van der Waals surface area contributed by atoms with E-state index in [2.05, 4.69) is 28.2 Å². The summed E-state index contributed by atoms with van der Waals surface area (Å²) in [6.45, 7) is 2.06. The van der Waals surface area contributed by atoms with Crippen LogP contribution in [-0.4, -0.2) is 11.9 Å². The third-order valence-corrected chi connectivity index (χ3v) is 5.46. The van der Waals surface area contributed by atoms with Gasteiger partial charge in [0.15, 0.2) is 0 Å². The normalized spacial score (nSPS) is 29.4. The monoisotopic (exact) mass is 339 g/mol. The van der Waals surface area contributed by atoms with Gasteiger partial charge in [-0.3, -0.25) is 4.79 Å². The number of benzene rings is 1. The first-order valence-corrected chi connectivity index (χ1v) is 8.10. The van der Waals surface area contributed by atoms with Crippen LogP contribution in [0.15, 0.2) is 22.7 Å². The van der Waals surface area contributed by atoms with Crippen molar-refractivity contribution in [2.45, 2.75) is 38.6 Å². The van der Waals surface area contributed by atoms with Crippen molar-refractivity contribution in [2.75, 3.05) is 0 Å². The van der Waals surface area contributed by atoms with Crippen molar-refractivity contribution in [2.24, 2.45) is 17.8 Å². The van der Waals surface area contributed by atoms with Gasteiger partial charge in [0.2, 0.25) is 0 Å². The fourth-order valence-corrected chi connectivity index (χ4v) is 4.30. The summed E-state index contributed by atoms with van der Waals surface area (Å²) >= 11 is 3.20. The molecule has 0 heterocycles. The van der Waals surface area contributed by atoms with E-state index in [0.29, 0.717) is 10.4 Å². The van der Waals surface area contributed by atoms with Crippen molar-refractivity contribution in [1.29, 1.82) is 0 Å². The van der Waals surface area contributed by atoms with Crippen molar-refractivity contribution in [3.8, 4) is 0 Å². The van der Waals surface area contributed by atoms with E-state index in [9.17, 15) is 9.18 Å². The summed E-state index contributed by atoms with van der Waals surface area (Å²) < 4.78 is 14.4. The second kappa shape index (κ2) is 5.47. The number of rotatable bonds is 3. The Balaban J connectivity index is 1.66. The molecule has 0 aliphatic heterocycles. The van der Waals surface area contributed by atoms with Gasteiger partial charge in [-0.15, -0.1) is 0 Å². The minimum absolute atomic E-state index is 0.126. The van der Waals surface area contributed by atoms with Gasteiger partial charge in [-0.2, -0.15) is 0 Å². The molecule has 3 rings (SSSR count). The van der Waals surface area contributed by atoms with E-state index in [4.69, 9.17) is 0 Å². The molecule has 2 saturated carbocycles. The fourth-order valence-electron chi connectivity index (χ4n) is 3.97. The molecule has 20 heavy (non-hydrogen) atoms. The molecule has 2 aliphatic carbocycles. The Morgan fingerprint density at radius 2 is 2.20 bits per heavy atom. The van der Waals surface area contributed by atoms with Crippen LogP contribution in [0.25, 0.3) is 0 Å². The average molecular weight is 340 g/mol. The van der Waals surface area contributed by atoms with E-state index in [1.165, 1.54) is 37.8 Å². The molecule has 2 fully saturated rings. The first kappa shape index (κ1) is 14.1. The zero-order valence-corrected chi connectivity index (χ0v) is 13.1. The van der Waals surface area contributed by atoms with Crippen LogP contribution in [0.3, 0.4) is 0 Å². The maximum absolute atomic E-state index is 13.8. The number of halogens is 2. The Bertz CT molecular complexity index is 533. The standard InChI is InChI=1S/C16H19BrFNO/c1-9(14-7-10-2-3-11(14)6-10)19-16(20)13-5-4-12(17)8-15(13)18/h4-5,8-11,14H,2-3,6-7H2,1H3,(H,19,20). The number of hydrogen-bond acceptors (Lipinski definition) is 1. The molecular formula is C16H19BrFNO. The number of amides is 1. The molecule has 4 heteroatoms. The molecule has 1 aromatic carbocycles. The first-order chi connectivity index (χ1) is 9.54. The van der Waals surface area contributed by atoms with Gasteiger partial charge < -0.3 is 5.32 Å². The van der Waals surface area contributed by atoms with E-state index in [0.717, 1.165) is 11.8 Å². The molecule has 4 unspecified atom stereocenters. The summed E-state index contributed by atoms with van der Waals surface area (Å²) in [5, 5.41) is 2.99. The second-order valence-electron chi connectivity index (χ2n) is 6.23. The Morgan fingerprint density at radius 1 is 1.40 bits per heavy atom. The molecule has 108 valence electrons. The number of fused-ring (bicyclic) bond motifs is 2. The van der Waals surface area contributed by atoms with Crippen LogP contribution in [0.1, 0.15) is 43.0 Å². The quantitative estimate of drug-likeness (QED) is 0.880. The van der Waals surface area contributed by atoms with Gasteiger partial charge >= 0.3 is 0 Å². The first-order valence-electron chi connectivity index (χ1n) is 7.30. The molecule has 4 atom stereocenters. The maximum Gasteiger partial charge on any atom is 0.254 e. The summed E-state index contributed by atoms with van der Waals surface area (Å²) in [5.74, 6) is 1.40. The minimum Gasteiger partial charge on any atom is -0.349 e. The molecule has 0 radical (unpaired) electrons.